The molecule has 1 aromatic rings. The zero-order valence-electron chi connectivity index (χ0n) is 13.0. The molecule has 0 saturated carbocycles. The first-order chi connectivity index (χ1) is 10.1. The molecule has 4 heteroatoms. The Morgan fingerprint density at radius 2 is 2.19 bits per heavy atom. The van der Waals surface area contributed by atoms with Gasteiger partial charge in [-0.25, -0.2) is 0 Å². The van der Waals surface area contributed by atoms with E-state index in [-0.39, 0.29) is 5.97 Å². The van der Waals surface area contributed by atoms with Gasteiger partial charge in [-0.1, -0.05) is 13.0 Å². The van der Waals surface area contributed by atoms with Gasteiger partial charge in [0.05, 0.1) is 19.6 Å². The lowest BCUT2D eigenvalue weighted by atomic mass is 9.71. The van der Waals surface area contributed by atoms with Crippen LogP contribution in [0.5, 0.6) is 5.75 Å². The minimum atomic E-state index is -1.14. The summed E-state index contributed by atoms with van der Waals surface area (Å²) < 4.78 is 10.4. The van der Waals surface area contributed by atoms with Crippen molar-refractivity contribution in [3.05, 3.63) is 29.3 Å². The lowest BCUT2D eigenvalue weighted by Crippen LogP contribution is -2.43. The first-order valence-electron chi connectivity index (χ1n) is 7.63. The van der Waals surface area contributed by atoms with Crippen LogP contribution in [0.25, 0.3) is 0 Å². The molecule has 0 spiro atoms. The van der Waals surface area contributed by atoms with Crippen LogP contribution in [0.3, 0.4) is 0 Å². The summed E-state index contributed by atoms with van der Waals surface area (Å²) in [6.07, 6.45) is 2.89. The zero-order valence-corrected chi connectivity index (χ0v) is 13.0. The van der Waals surface area contributed by atoms with Crippen LogP contribution < -0.4 is 4.74 Å². The van der Waals surface area contributed by atoms with Crippen LogP contribution in [0.1, 0.15) is 44.2 Å². The summed E-state index contributed by atoms with van der Waals surface area (Å²) in [5.41, 5.74) is 0.765. The zero-order chi connectivity index (χ0) is 15.5. The number of fused-ring (bicyclic) bond motifs is 1. The molecule has 0 heterocycles. The molecule has 1 aromatic carbocycles. The molecule has 0 aromatic heterocycles. The van der Waals surface area contributed by atoms with Gasteiger partial charge in [-0.2, -0.15) is 0 Å². The van der Waals surface area contributed by atoms with Crippen molar-refractivity contribution in [2.45, 2.75) is 45.1 Å². The van der Waals surface area contributed by atoms with Crippen LogP contribution >= 0.6 is 0 Å². The summed E-state index contributed by atoms with van der Waals surface area (Å²) >= 11 is 0. The van der Waals surface area contributed by atoms with E-state index in [0.717, 1.165) is 29.7 Å². The minimum absolute atomic E-state index is 0.314. The van der Waals surface area contributed by atoms with Crippen molar-refractivity contribution in [3.8, 4) is 5.75 Å². The third-order valence-electron chi connectivity index (χ3n) is 4.34. The van der Waals surface area contributed by atoms with Crippen molar-refractivity contribution >= 4 is 5.97 Å². The number of aliphatic hydroxyl groups is 1. The van der Waals surface area contributed by atoms with E-state index in [2.05, 4.69) is 0 Å². The predicted molar refractivity (Wildman–Crippen MR) is 80.2 cm³/mol. The van der Waals surface area contributed by atoms with E-state index in [9.17, 15) is 9.90 Å². The molecule has 0 amide bonds. The van der Waals surface area contributed by atoms with Gasteiger partial charge in [-0.15, -0.1) is 0 Å². The van der Waals surface area contributed by atoms with E-state index in [1.54, 1.807) is 14.0 Å². The van der Waals surface area contributed by atoms with E-state index in [4.69, 9.17) is 9.47 Å². The van der Waals surface area contributed by atoms with Crippen molar-refractivity contribution < 1.29 is 19.4 Å². The Kier molecular flexibility index (Phi) is 4.88. The number of hydrogen-bond acceptors (Lipinski definition) is 4. The smallest absolute Gasteiger partial charge is 0.312 e. The van der Waals surface area contributed by atoms with Crippen LogP contribution in [-0.2, 0) is 21.6 Å². The lowest BCUT2D eigenvalue weighted by molar-refractivity contribution is -0.161. The van der Waals surface area contributed by atoms with Gasteiger partial charge in [-0.05, 0) is 55.9 Å². The molecule has 0 radical (unpaired) electrons. The highest BCUT2D eigenvalue weighted by molar-refractivity contribution is 5.74. The summed E-state index contributed by atoms with van der Waals surface area (Å²) in [5, 5.41) is 11.2. The van der Waals surface area contributed by atoms with Gasteiger partial charge >= 0.3 is 5.97 Å². The van der Waals surface area contributed by atoms with E-state index in [1.165, 1.54) is 0 Å². The topological polar surface area (TPSA) is 55.8 Å². The number of carbonyl (C=O) groups excluding carboxylic acids is 1. The van der Waals surface area contributed by atoms with Gasteiger partial charge < -0.3 is 14.6 Å². The minimum Gasteiger partial charge on any atom is -0.497 e. The summed E-state index contributed by atoms with van der Waals surface area (Å²) in [6, 6.07) is 5.68. The molecule has 2 atom stereocenters. The van der Waals surface area contributed by atoms with Crippen molar-refractivity contribution in [2.75, 3.05) is 13.7 Å². The molecule has 0 bridgehead atoms. The molecule has 0 saturated heterocycles. The second-order valence-corrected chi connectivity index (χ2v) is 5.51. The molecule has 0 fully saturated rings. The molecule has 2 rings (SSSR count). The molecule has 4 nitrogen and oxygen atoms in total. The van der Waals surface area contributed by atoms with E-state index < -0.39 is 11.5 Å². The van der Waals surface area contributed by atoms with Crippen LogP contribution in [0, 0.1) is 5.92 Å². The number of benzene rings is 1. The third kappa shape index (κ3) is 2.91. The Bertz CT molecular complexity index is 512. The molecule has 21 heavy (non-hydrogen) atoms. The van der Waals surface area contributed by atoms with Crippen LogP contribution in [0.2, 0.25) is 0 Å². The highest BCUT2D eigenvalue weighted by Crippen LogP contribution is 2.43. The fourth-order valence-electron chi connectivity index (χ4n) is 3.31. The van der Waals surface area contributed by atoms with Crippen LogP contribution in [0.4, 0.5) is 0 Å². The fraction of sp³-hybridized carbons (Fsp3) is 0.588. The molecular weight excluding hydrogens is 268 g/mol. The molecule has 0 aliphatic heterocycles. The Morgan fingerprint density at radius 3 is 2.81 bits per heavy atom. The molecule has 1 aliphatic rings. The first kappa shape index (κ1) is 15.8. The Labute approximate surface area is 126 Å². The Hall–Kier alpha value is -1.55. The van der Waals surface area contributed by atoms with Gasteiger partial charge in [0, 0.05) is 0 Å². The lowest BCUT2D eigenvalue weighted by Gasteiger charge is -2.39. The van der Waals surface area contributed by atoms with Gasteiger partial charge in [-0.3, -0.25) is 4.79 Å². The average molecular weight is 292 g/mol. The second-order valence-electron chi connectivity index (χ2n) is 5.51. The summed E-state index contributed by atoms with van der Waals surface area (Å²) in [5.74, 6) is -0.0572. The largest absolute Gasteiger partial charge is 0.497 e. The highest BCUT2D eigenvalue weighted by atomic mass is 16.5. The van der Waals surface area contributed by atoms with Crippen LogP contribution in [-0.4, -0.2) is 24.8 Å². The molecule has 1 aliphatic carbocycles. The summed E-state index contributed by atoms with van der Waals surface area (Å²) in [7, 11) is 1.63. The van der Waals surface area contributed by atoms with E-state index in [0.29, 0.717) is 19.4 Å². The summed E-state index contributed by atoms with van der Waals surface area (Å²) in [6.45, 7) is 4.03. The maximum absolute atomic E-state index is 12.2. The Morgan fingerprint density at radius 1 is 1.43 bits per heavy atom. The van der Waals surface area contributed by atoms with Gasteiger partial charge in [0.2, 0.25) is 0 Å². The maximum atomic E-state index is 12.2. The fourth-order valence-corrected chi connectivity index (χ4v) is 3.31. The third-order valence-corrected chi connectivity index (χ3v) is 4.34. The van der Waals surface area contributed by atoms with Gasteiger partial charge in [0.15, 0.2) is 0 Å². The van der Waals surface area contributed by atoms with Gasteiger partial charge in [0.25, 0.3) is 0 Å². The SMILES string of the molecule is CCOC(=O)C(CC)C1(O)CCCc2cc(OC)ccc21. The van der Waals surface area contributed by atoms with Crippen LogP contribution in [0.15, 0.2) is 18.2 Å². The first-order valence-corrected chi connectivity index (χ1v) is 7.63. The Balaban J connectivity index is 2.41. The molecule has 1 N–H and O–H groups in total. The highest BCUT2D eigenvalue weighted by Gasteiger charge is 2.45. The molecule has 2 unspecified atom stereocenters. The summed E-state index contributed by atoms with van der Waals surface area (Å²) in [4.78, 5) is 12.2. The number of aryl methyl sites for hydroxylation is 1. The van der Waals surface area contributed by atoms with Crippen molar-refractivity contribution in [1.29, 1.82) is 0 Å². The van der Waals surface area contributed by atoms with Crippen molar-refractivity contribution in [2.24, 2.45) is 5.92 Å². The monoisotopic (exact) mass is 292 g/mol. The van der Waals surface area contributed by atoms with E-state index in [1.807, 2.05) is 25.1 Å². The normalized spacial score (nSPS) is 22.3. The number of ether oxygens (including phenoxy) is 2. The molecule has 116 valence electrons. The second kappa shape index (κ2) is 6.48. The standard InChI is InChI=1S/C17H24O4/c1-4-14(16(18)21-5-2)17(19)10-6-7-12-11-13(20-3)8-9-15(12)17/h8-9,11,14,19H,4-7,10H2,1-3H3. The maximum Gasteiger partial charge on any atom is 0.312 e. The predicted octanol–water partition coefficient (Wildman–Crippen LogP) is 2.81. The number of esters is 1. The quantitative estimate of drug-likeness (QED) is 0.848. The van der Waals surface area contributed by atoms with Crippen molar-refractivity contribution in [3.63, 3.8) is 0 Å². The number of carbonyl (C=O) groups is 1. The average Bonchev–Trinajstić information content (AvgIpc) is 2.48. The van der Waals surface area contributed by atoms with Crippen molar-refractivity contribution in [1.82, 2.24) is 0 Å². The number of hydrogen-bond donors (Lipinski definition) is 1. The van der Waals surface area contributed by atoms with Gasteiger partial charge in [0.1, 0.15) is 11.4 Å². The molecular formula is C17H24O4. The number of methoxy groups -OCH3 is 1. The number of rotatable bonds is 5. The van der Waals surface area contributed by atoms with E-state index >= 15 is 0 Å².